The molecule has 1 aromatic heterocycles. The molecule has 6 heteroatoms. The van der Waals surface area contributed by atoms with E-state index in [1.54, 1.807) is 29.1 Å². The summed E-state index contributed by atoms with van der Waals surface area (Å²) in [7, 11) is 0. The van der Waals surface area contributed by atoms with Crippen LogP contribution in [-0.4, -0.2) is 33.7 Å². The van der Waals surface area contributed by atoms with Gasteiger partial charge in [-0.2, -0.15) is 5.10 Å². The van der Waals surface area contributed by atoms with Gasteiger partial charge in [0.1, 0.15) is 0 Å². The van der Waals surface area contributed by atoms with Crippen molar-refractivity contribution in [2.75, 3.05) is 6.54 Å². The second kappa shape index (κ2) is 7.15. The Morgan fingerprint density at radius 1 is 1.23 bits per heavy atom. The molecule has 1 heterocycles. The summed E-state index contributed by atoms with van der Waals surface area (Å²) in [5.74, 6) is -0.244. The van der Waals surface area contributed by atoms with E-state index in [-0.39, 0.29) is 17.4 Å². The lowest BCUT2D eigenvalue weighted by Crippen LogP contribution is -2.45. The minimum absolute atomic E-state index is 0.121. The van der Waals surface area contributed by atoms with E-state index in [2.05, 4.69) is 15.7 Å². The number of hydrogen-bond acceptors (Lipinski definition) is 3. The number of nitrogens with zero attached hydrogens (tertiary/aromatic N) is 2. The van der Waals surface area contributed by atoms with Crippen LogP contribution < -0.4 is 10.6 Å². The van der Waals surface area contributed by atoms with Crippen molar-refractivity contribution in [3.63, 3.8) is 0 Å². The van der Waals surface area contributed by atoms with Crippen molar-refractivity contribution >= 4 is 11.8 Å². The van der Waals surface area contributed by atoms with Gasteiger partial charge < -0.3 is 10.6 Å². The Morgan fingerprint density at radius 2 is 1.92 bits per heavy atom. The first-order valence-electron chi connectivity index (χ1n) is 8.74. The maximum Gasteiger partial charge on any atom is 0.251 e. The molecule has 0 bridgehead atoms. The van der Waals surface area contributed by atoms with Gasteiger partial charge in [-0.25, -0.2) is 4.68 Å². The fourth-order valence-corrected chi connectivity index (χ4v) is 2.70. The molecule has 26 heavy (non-hydrogen) atoms. The highest BCUT2D eigenvalue weighted by Gasteiger charge is 2.44. The molecule has 1 fully saturated rings. The van der Waals surface area contributed by atoms with Crippen LogP contribution in [0.1, 0.15) is 42.6 Å². The van der Waals surface area contributed by atoms with Crippen LogP contribution in [0.3, 0.4) is 0 Å². The third-order valence-corrected chi connectivity index (χ3v) is 4.36. The lowest BCUT2D eigenvalue weighted by atomic mass is 10.1. The summed E-state index contributed by atoms with van der Waals surface area (Å²) in [5, 5.41) is 10.2. The molecule has 1 aromatic carbocycles. The average molecular weight is 352 g/mol. The monoisotopic (exact) mass is 352 g/mol. The number of allylic oxidation sites excluding steroid dienone is 1. The van der Waals surface area contributed by atoms with Crippen LogP contribution in [-0.2, 0) is 4.79 Å². The van der Waals surface area contributed by atoms with E-state index in [1.165, 1.54) is 0 Å². The molecule has 0 spiro atoms. The third-order valence-electron chi connectivity index (χ3n) is 4.36. The first kappa shape index (κ1) is 17.9. The van der Waals surface area contributed by atoms with Gasteiger partial charge in [-0.15, -0.1) is 0 Å². The molecule has 3 rings (SSSR count). The van der Waals surface area contributed by atoms with Gasteiger partial charge in [0.05, 0.1) is 17.4 Å². The van der Waals surface area contributed by atoms with Crippen molar-refractivity contribution in [1.82, 2.24) is 20.4 Å². The number of aromatic nitrogens is 2. The molecule has 2 aromatic rings. The van der Waals surface area contributed by atoms with Crippen LogP contribution in [0.15, 0.2) is 48.3 Å². The van der Waals surface area contributed by atoms with E-state index in [1.807, 2.05) is 39.1 Å². The Morgan fingerprint density at radius 3 is 2.46 bits per heavy atom. The molecule has 1 aliphatic carbocycles. The van der Waals surface area contributed by atoms with Crippen LogP contribution in [0.4, 0.5) is 0 Å². The first-order valence-corrected chi connectivity index (χ1v) is 8.74. The molecule has 0 aliphatic heterocycles. The van der Waals surface area contributed by atoms with Gasteiger partial charge in [-0.3, -0.25) is 9.59 Å². The van der Waals surface area contributed by atoms with Crippen LogP contribution in [0, 0.1) is 6.92 Å². The second-order valence-corrected chi connectivity index (χ2v) is 7.18. The Hall–Kier alpha value is -2.89. The number of carbonyl (C=O) groups is 2. The Balaban J connectivity index is 1.59. The number of hydrogen-bond donors (Lipinski definition) is 2. The van der Waals surface area contributed by atoms with Crippen molar-refractivity contribution in [3.05, 3.63) is 59.4 Å². The second-order valence-electron chi connectivity index (χ2n) is 7.18. The normalized spacial score (nSPS) is 14.4. The van der Waals surface area contributed by atoms with Crippen LogP contribution in [0.5, 0.6) is 0 Å². The smallest absolute Gasteiger partial charge is 0.251 e. The molecule has 6 nitrogen and oxygen atoms in total. The quantitative estimate of drug-likeness (QED) is 0.785. The summed E-state index contributed by atoms with van der Waals surface area (Å²) >= 11 is 0. The molecular weight excluding hydrogens is 328 g/mol. The number of benzene rings is 1. The fraction of sp³-hybridized carbons (Fsp3) is 0.350. The minimum Gasteiger partial charge on any atom is -0.350 e. The lowest BCUT2D eigenvalue weighted by Gasteiger charge is -2.18. The molecule has 0 atom stereocenters. The number of nitrogens with one attached hydrogen (secondary N) is 2. The summed E-state index contributed by atoms with van der Waals surface area (Å²) in [6, 6.07) is 7.33. The summed E-state index contributed by atoms with van der Waals surface area (Å²) in [6.07, 6.45) is 7.04. The minimum atomic E-state index is -0.319. The maximum atomic E-state index is 12.5. The Kier molecular flexibility index (Phi) is 4.93. The molecular formula is C20H24N4O2. The summed E-state index contributed by atoms with van der Waals surface area (Å²) in [6.45, 7) is 6.19. The van der Waals surface area contributed by atoms with E-state index in [4.69, 9.17) is 0 Å². The van der Waals surface area contributed by atoms with E-state index in [0.29, 0.717) is 12.1 Å². The molecule has 0 unspecified atom stereocenters. The zero-order valence-electron chi connectivity index (χ0n) is 15.4. The lowest BCUT2D eigenvalue weighted by molar-refractivity contribution is -0.116. The standard InChI is InChI=1S/C20H24N4O2/c1-14(2)10-18(25)21-13-20(8-9-20)23-19(26)16-4-6-17(7-5-16)24-12-15(3)11-22-24/h4-7,10-12H,8-9,13H2,1-3H3,(H,21,25)(H,23,26). The first-order chi connectivity index (χ1) is 12.4. The Labute approximate surface area is 153 Å². The largest absolute Gasteiger partial charge is 0.350 e. The highest BCUT2D eigenvalue weighted by atomic mass is 16.2. The number of aryl methyl sites for hydroxylation is 1. The predicted molar refractivity (Wildman–Crippen MR) is 100 cm³/mol. The zero-order valence-corrected chi connectivity index (χ0v) is 15.4. The topological polar surface area (TPSA) is 76.0 Å². The predicted octanol–water partition coefficient (Wildman–Crippen LogP) is 2.53. The average Bonchev–Trinajstić information content (AvgIpc) is 3.22. The van der Waals surface area contributed by atoms with Crippen molar-refractivity contribution < 1.29 is 9.59 Å². The van der Waals surface area contributed by atoms with E-state index < -0.39 is 0 Å². The number of rotatable bonds is 6. The van der Waals surface area contributed by atoms with Crippen molar-refractivity contribution in [1.29, 1.82) is 0 Å². The van der Waals surface area contributed by atoms with Gasteiger partial charge in [0.25, 0.3) is 5.91 Å². The molecule has 1 aliphatic rings. The zero-order chi connectivity index (χ0) is 18.7. The summed E-state index contributed by atoms with van der Waals surface area (Å²) in [5.41, 5.74) is 3.21. The fourth-order valence-electron chi connectivity index (χ4n) is 2.70. The highest BCUT2D eigenvalue weighted by Crippen LogP contribution is 2.35. The van der Waals surface area contributed by atoms with Gasteiger partial charge in [0.2, 0.25) is 5.91 Å². The molecule has 0 saturated heterocycles. The summed E-state index contributed by atoms with van der Waals surface area (Å²) < 4.78 is 1.78. The maximum absolute atomic E-state index is 12.5. The molecule has 2 N–H and O–H groups in total. The molecule has 2 amide bonds. The number of carbonyl (C=O) groups excluding carboxylic acids is 2. The van der Waals surface area contributed by atoms with Crippen LogP contribution >= 0.6 is 0 Å². The molecule has 1 saturated carbocycles. The summed E-state index contributed by atoms with van der Waals surface area (Å²) in [4.78, 5) is 24.3. The van der Waals surface area contributed by atoms with E-state index in [0.717, 1.165) is 29.7 Å². The van der Waals surface area contributed by atoms with Crippen LogP contribution in [0.2, 0.25) is 0 Å². The Bertz CT molecular complexity index is 841. The highest BCUT2D eigenvalue weighted by molar-refractivity contribution is 5.95. The molecule has 136 valence electrons. The molecule has 0 radical (unpaired) electrons. The van der Waals surface area contributed by atoms with E-state index in [9.17, 15) is 9.59 Å². The van der Waals surface area contributed by atoms with Gasteiger partial charge in [0, 0.05) is 24.4 Å². The van der Waals surface area contributed by atoms with Crippen LogP contribution in [0.25, 0.3) is 5.69 Å². The van der Waals surface area contributed by atoms with Gasteiger partial charge >= 0.3 is 0 Å². The number of amides is 2. The van der Waals surface area contributed by atoms with Crippen molar-refractivity contribution in [3.8, 4) is 5.69 Å². The van der Waals surface area contributed by atoms with Crippen molar-refractivity contribution in [2.24, 2.45) is 0 Å². The van der Waals surface area contributed by atoms with Gasteiger partial charge in [-0.1, -0.05) is 5.57 Å². The SMILES string of the molecule is CC(C)=CC(=O)NCC1(NC(=O)c2ccc(-n3cc(C)cn3)cc2)CC1. The van der Waals surface area contributed by atoms with E-state index >= 15 is 0 Å². The van der Waals surface area contributed by atoms with Crippen molar-refractivity contribution in [2.45, 2.75) is 39.2 Å². The van der Waals surface area contributed by atoms with Gasteiger partial charge in [0.15, 0.2) is 0 Å². The third kappa shape index (κ3) is 4.39. The van der Waals surface area contributed by atoms with Gasteiger partial charge in [-0.05, 0) is 63.4 Å².